The molecule has 0 aliphatic heterocycles. The van der Waals surface area contributed by atoms with Crippen molar-refractivity contribution in [2.75, 3.05) is 11.1 Å². The van der Waals surface area contributed by atoms with Gasteiger partial charge in [0.05, 0.1) is 5.69 Å². The van der Waals surface area contributed by atoms with Crippen molar-refractivity contribution in [2.45, 2.75) is 19.4 Å². The molecule has 0 fully saturated rings. The molecule has 0 unspecified atom stereocenters. The molecule has 176 valence electrons. The average molecular weight is 476 g/mol. The minimum atomic E-state index is -4.93. The van der Waals surface area contributed by atoms with Gasteiger partial charge in [0.25, 0.3) is 5.91 Å². The summed E-state index contributed by atoms with van der Waals surface area (Å²) in [6.45, 7) is 1.67. The molecular weight excluding hydrogens is 460 g/mol. The van der Waals surface area contributed by atoms with E-state index in [0.29, 0.717) is 16.7 Å². The van der Waals surface area contributed by atoms with Gasteiger partial charge in [0.15, 0.2) is 17.7 Å². The Kier molecular flexibility index (Phi) is 5.79. The van der Waals surface area contributed by atoms with E-state index >= 15 is 0 Å². The number of fused-ring (bicyclic) bond motifs is 1. The summed E-state index contributed by atoms with van der Waals surface area (Å²) >= 11 is 0. The van der Waals surface area contributed by atoms with Crippen LogP contribution in [0.4, 0.5) is 29.1 Å². The zero-order valence-electron chi connectivity index (χ0n) is 17.3. The molecule has 34 heavy (non-hydrogen) atoms. The van der Waals surface area contributed by atoms with E-state index < -0.39 is 29.9 Å². The molecular formula is C21H16F4N6O3. The van der Waals surface area contributed by atoms with Crippen LogP contribution < -0.4 is 15.8 Å². The summed E-state index contributed by atoms with van der Waals surface area (Å²) < 4.78 is 57.1. The maximum atomic E-state index is 14.9. The fraction of sp³-hybridized carbons (Fsp3) is 0.143. The number of nitrogens with two attached hydrogens (primary N) is 1. The fourth-order valence-corrected chi connectivity index (χ4v) is 3.29. The number of aromatic nitrogens is 4. The van der Waals surface area contributed by atoms with Crippen molar-refractivity contribution in [3.05, 3.63) is 65.9 Å². The molecule has 4 aromatic rings. The third-order valence-corrected chi connectivity index (χ3v) is 4.75. The van der Waals surface area contributed by atoms with Gasteiger partial charge in [0, 0.05) is 5.69 Å². The van der Waals surface area contributed by atoms with E-state index in [0.717, 1.165) is 18.2 Å². The number of anilines is 2. The predicted octanol–water partition coefficient (Wildman–Crippen LogP) is 3.42. The van der Waals surface area contributed by atoms with Gasteiger partial charge in [-0.25, -0.2) is 19.0 Å². The van der Waals surface area contributed by atoms with E-state index in [9.17, 15) is 27.5 Å². The third-order valence-electron chi connectivity index (χ3n) is 4.75. The number of nitrogen functional groups attached to an aromatic ring is 1. The molecule has 0 spiro atoms. The summed E-state index contributed by atoms with van der Waals surface area (Å²) in [6, 6.07) is 8.00. The molecule has 0 aliphatic rings. The van der Waals surface area contributed by atoms with Gasteiger partial charge in [0.1, 0.15) is 28.8 Å². The summed E-state index contributed by atoms with van der Waals surface area (Å²) in [7, 11) is 0. The van der Waals surface area contributed by atoms with E-state index in [-0.39, 0.29) is 22.8 Å². The fourth-order valence-electron chi connectivity index (χ4n) is 3.29. The Morgan fingerprint density at radius 2 is 1.97 bits per heavy atom. The number of aryl methyl sites for hydroxylation is 1. The predicted molar refractivity (Wildman–Crippen MR) is 112 cm³/mol. The Bertz CT molecular complexity index is 1390. The Balaban J connectivity index is 1.56. The zero-order valence-corrected chi connectivity index (χ0v) is 17.3. The summed E-state index contributed by atoms with van der Waals surface area (Å²) in [5, 5.41) is 16.8. The molecule has 4 rings (SSSR count). The van der Waals surface area contributed by atoms with Crippen molar-refractivity contribution < 1.29 is 32.2 Å². The number of nitrogens with one attached hydrogen (secondary N) is 1. The molecule has 0 aliphatic carbocycles. The number of hydrogen-bond donors (Lipinski definition) is 3. The summed E-state index contributed by atoms with van der Waals surface area (Å²) in [5.41, 5.74) is 7.01. The minimum Gasteiger partial charge on any atom is -0.406 e. The number of alkyl halides is 3. The molecule has 2 aromatic carbocycles. The highest BCUT2D eigenvalue weighted by molar-refractivity contribution is 5.95. The number of aliphatic hydroxyl groups excluding tert-OH is 1. The van der Waals surface area contributed by atoms with Gasteiger partial charge in [-0.2, -0.15) is 5.10 Å². The molecule has 9 nitrogen and oxygen atoms in total. The van der Waals surface area contributed by atoms with Crippen molar-refractivity contribution in [1.29, 1.82) is 0 Å². The van der Waals surface area contributed by atoms with Gasteiger partial charge in [0.2, 0.25) is 0 Å². The third kappa shape index (κ3) is 4.59. The first-order valence-corrected chi connectivity index (χ1v) is 9.64. The first-order valence-electron chi connectivity index (χ1n) is 9.64. The number of carbonyl (C=O) groups excluding carboxylic acids is 1. The smallest absolute Gasteiger partial charge is 0.406 e. The Morgan fingerprint density at radius 1 is 1.21 bits per heavy atom. The number of rotatable bonds is 5. The second kappa shape index (κ2) is 8.59. The van der Waals surface area contributed by atoms with Gasteiger partial charge in [-0.1, -0.05) is 12.1 Å². The van der Waals surface area contributed by atoms with Crippen LogP contribution in [0.2, 0.25) is 0 Å². The maximum absolute atomic E-state index is 14.9. The van der Waals surface area contributed by atoms with Crippen LogP contribution in [0, 0.1) is 12.7 Å². The molecule has 13 heteroatoms. The van der Waals surface area contributed by atoms with Crippen LogP contribution >= 0.6 is 0 Å². The lowest BCUT2D eigenvalue weighted by molar-refractivity contribution is -0.274. The molecule has 0 radical (unpaired) electrons. The number of carbonyl (C=O) groups is 1. The highest BCUT2D eigenvalue weighted by Crippen LogP contribution is 2.28. The summed E-state index contributed by atoms with van der Waals surface area (Å²) in [6.07, 6.45) is -5.50. The SMILES string of the molecule is Cc1nn(-c2ccc(NC(=O)[C@H](O)c3cccc(OC(F)(F)F)c3)cc2F)c2c(N)ncnc12. The monoisotopic (exact) mass is 476 g/mol. The van der Waals surface area contributed by atoms with Crippen LogP contribution in [0.15, 0.2) is 48.8 Å². The zero-order chi connectivity index (χ0) is 24.6. The van der Waals surface area contributed by atoms with Crippen molar-refractivity contribution in [2.24, 2.45) is 0 Å². The number of amides is 1. The van der Waals surface area contributed by atoms with Gasteiger partial charge >= 0.3 is 6.36 Å². The van der Waals surface area contributed by atoms with Crippen LogP contribution in [0.1, 0.15) is 17.4 Å². The standard InChI is InChI=1S/C21H16F4N6O3/c1-10-16-17(19(26)28-9-27-16)31(30-10)15-6-5-12(8-14(15)22)29-20(33)18(32)11-3-2-4-13(7-11)34-21(23,24)25/h2-9,18,32H,1H3,(H,29,33)(H2,26,27,28)/t18-/m1/s1. The molecule has 0 saturated heterocycles. The van der Waals surface area contributed by atoms with Crippen molar-refractivity contribution in [3.63, 3.8) is 0 Å². The molecule has 0 saturated carbocycles. The average Bonchev–Trinajstić information content (AvgIpc) is 3.10. The number of benzene rings is 2. The van der Waals surface area contributed by atoms with Gasteiger partial charge in [-0.15, -0.1) is 13.2 Å². The maximum Gasteiger partial charge on any atom is 0.573 e. The van der Waals surface area contributed by atoms with Gasteiger partial charge in [-0.3, -0.25) is 4.79 Å². The number of halogens is 4. The highest BCUT2D eigenvalue weighted by atomic mass is 19.4. The van der Waals surface area contributed by atoms with E-state index in [2.05, 4.69) is 25.1 Å². The molecule has 0 bridgehead atoms. The first kappa shape index (κ1) is 22.9. The first-order chi connectivity index (χ1) is 16.0. The lowest BCUT2D eigenvalue weighted by Crippen LogP contribution is -2.21. The van der Waals surface area contributed by atoms with Crippen LogP contribution in [-0.2, 0) is 4.79 Å². The topological polar surface area (TPSA) is 128 Å². The molecule has 2 heterocycles. The van der Waals surface area contributed by atoms with Crippen LogP contribution in [-0.4, -0.2) is 37.1 Å². The molecule has 1 amide bonds. The normalized spacial score (nSPS) is 12.5. The van der Waals surface area contributed by atoms with Gasteiger partial charge in [-0.05, 0) is 42.8 Å². The molecule has 4 N–H and O–H groups in total. The minimum absolute atomic E-state index is 0.00889. The Hall–Kier alpha value is -4.26. The van der Waals surface area contributed by atoms with Crippen LogP contribution in [0.25, 0.3) is 16.7 Å². The molecule has 1 atom stereocenters. The number of nitrogens with zero attached hydrogens (tertiary/aromatic N) is 4. The quantitative estimate of drug-likeness (QED) is 0.377. The lowest BCUT2D eigenvalue weighted by Gasteiger charge is -2.14. The summed E-state index contributed by atoms with van der Waals surface area (Å²) in [4.78, 5) is 20.4. The van der Waals surface area contributed by atoms with E-state index in [1.807, 2.05) is 0 Å². The van der Waals surface area contributed by atoms with Crippen molar-refractivity contribution in [1.82, 2.24) is 19.7 Å². The molecule has 2 aromatic heterocycles. The second-order valence-corrected chi connectivity index (χ2v) is 7.13. The lowest BCUT2D eigenvalue weighted by atomic mass is 10.1. The largest absolute Gasteiger partial charge is 0.573 e. The second-order valence-electron chi connectivity index (χ2n) is 7.13. The van der Waals surface area contributed by atoms with Crippen molar-refractivity contribution >= 4 is 28.4 Å². The Labute approximate surface area is 188 Å². The van der Waals surface area contributed by atoms with Crippen LogP contribution in [0.5, 0.6) is 5.75 Å². The van der Waals surface area contributed by atoms with Gasteiger partial charge < -0.3 is 20.9 Å². The van der Waals surface area contributed by atoms with E-state index in [1.54, 1.807) is 6.92 Å². The van der Waals surface area contributed by atoms with Crippen molar-refractivity contribution in [3.8, 4) is 11.4 Å². The van der Waals surface area contributed by atoms with Crippen LogP contribution in [0.3, 0.4) is 0 Å². The number of ether oxygens (including phenoxy) is 1. The number of aliphatic hydroxyl groups is 1. The summed E-state index contributed by atoms with van der Waals surface area (Å²) in [5.74, 6) is -2.27. The van der Waals surface area contributed by atoms with E-state index in [1.165, 1.54) is 35.3 Å². The Morgan fingerprint density at radius 3 is 2.68 bits per heavy atom. The van der Waals surface area contributed by atoms with E-state index in [4.69, 9.17) is 5.73 Å². The highest BCUT2D eigenvalue weighted by Gasteiger charge is 2.31. The number of hydrogen-bond acceptors (Lipinski definition) is 7.